The van der Waals surface area contributed by atoms with Gasteiger partial charge >= 0.3 is 0 Å². The standard InChI is InChI=1S/C10H19NSi/c1-10(2,3)12(4,5)11-8-6-7-9-11/h6-9H,1-5H3. The van der Waals surface area contributed by atoms with E-state index < -0.39 is 8.24 Å². The Bertz CT molecular complexity index is 241. The van der Waals surface area contributed by atoms with Gasteiger partial charge in [-0.3, -0.25) is 0 Å². The van der Waals surface area contributed by atoms with Crippen molar-refractivity contribution in [2.45, 2.75) is 38.9 Å². The SMILES string of the molecule is CC(C)(C)[Si](C)(C)n1cccc1. The summed E-state index contributed by atoms with van der Waals surface area (Å²) in [7, 11) is -1.31. The van der Waals surface area contributed by atoms with Crippen LogP contribution < -0.4 is 0 Å². The molecule has 0 atom stereocenters. The van der Waals surface area contributed by atoms with Gasteiger partial charge in [-0.05, 0) is 29.6 Å². The lowest BCUT2D eigenvalue weighted by atomic mass is 10.2. The maximum Gasteiger partial charge on any atom is 0.160 e. The first kappa shape index (κ1) is 9.58. The van der Waals surface area contributed by atoms with E-state index in [1.807, 2.05) is 0 Å². The zero-order chi connectivity index (χ0) is 9.41. The van der Waals surface area contributed by atoms with E-state index >= 15 is 0 Å². The monoisotopic (exact) mass is 181 g/mol. The lowest BCUT2D eigenvalue weighted by Crippen LogP contribution is -2.44. The molecule has 0 saturated carbocycles. The molecule has 0 aromatic carbocycles. The summed E-state index contributed by atoms with van der Waals surface area (Å²) in [6, 6.07) is 4.22. The quantitative estimate of drug-likeness (QED) is 0.586. The number of hydrogen-bond donors (Lipinski definition) is 0. The summed E-state index contributed by atoms with van der Waals surface area (Å²) in [4.78, 5) is 0. The van der Waals surface area contributed by atoms with Gasteiger partial charge in [-0.1, -0.05) is 33.9 Å². The molecule has 1 nitrogen and oxygen atoms in total. The molecular weight excluding hydrogens is 162 g/mol. The molecule has 0 unspecified atom stereocenters. The fourth-order valence-electron chi connectivity index (χ4n) is 1.09. The predicted octanol–water partition coefficient (Wildman–Crippen LogP) is 3.34. The fraction of sp³-hybridized carbons (Fsp3) is 0.600. The number of aromatic nitrogens is 1. The smallest absolute Gasteiger partial charge is 0.160 e. The van der Waals surface area contributed by atoms with Crippen LogP contribution in [0.1, 0.15) is 20.8 Å². The second kappa shape index (κ2) is 2.77. The zero-order valence-electron chi connectivity index (χ0n) is 8.76. The Hall–Kier alpha value is -0.503. The van der Waals surface area contributed by atoms with Gasteiger partial charge in [0.1, 0.15) is 0 Å². The Morgan fingerprint density at radius 2 is 1.42 bits per heavy atom. The predicted molar refractivity (Wildman–Crippen MR) is 57.0 cm³/mol. The van der Waals surface area contributed by atoms with Crippen LogP contribution in [0.5, 0.6) is 0 Å². The summed E-state index contributed by atoms with van der Waals surface area (Å²) >= 11 is 0. The molecule has 0 radical (unpaired) electrons. The second-order valence-electron chi connectivity index (χ2n) is 4.90. The lowest BCUT2D eigenvalue weighted by Gasteiger charge is -2.37. The third-order valence-electron chi connectivity index (χ3n) is 3.09. The van der Waals surface area contributed by atoms with Crippen molar-refractivity contribution in [3.63, 3.8) is 0 Å². The van der Waals surface area contributed by atoms with Gasteiger partial charge in [0.05, 0.1) is 0 Å². The highest BCUT2D eigenvalue weighted by Gasteiger charge is 2.36. The highest BCUT2D eigenvalue weighted by atomic mass is 28.3. The zero-order valence-corrected chi connectivity index (χ0v) is 9.76. The van der Waals surface area contributed by atoms with Crippen molar-refractivity contribution in [2.75, 3.05) is 0 Å². The largest absolute Gasteiger partial charge is 0.380 e. The molecule has 68 valence electrons. The van der Waals surface area contributed by atoms with E-state index in [-0.39, 0.29) is 0 Å². The van der Waals surface area contributed by atoms with Gasteiger partial charge in [-0.25, -0.2) is 0 Å². The molecule has 1 rings (SSSR count). The van der Waals surface area contributed by atoms with Crippen molar-refractivity contribution < 1.29 is 0 Å². The third kappa shape index (κ3) is 1.48. The van der Waals surface area contributed by atoms with Crippen LogP contribution in [0.2, 0.25) is 18.1 Å². The first-order valence-electron chi connectivity index (χ1n) is 4.49. The summed E-state index contributed by atoms with van der Waals surface area (Å²) in [6.45, 7) is 11.8. The number of nitrogens with zero attached hydrogens (tertiary/aromatic N) is 1. The van der Waals surface area contributed by atoms with Crippen LogP contribution in [-0.2, 0) is 0 Å². The fourth-order valence-corrected chi connectivity index (χ4v) is 2.79. The van der Waals surface area contributed by atoms with Gasteiger partial charge in [0.15, 0.2) is 8.24 Å². The molecule has 0 N–H and O–H groups in total. The molecule has 0 bridgehead atoms. The highest BCUT2D eigenvalue weighted by Crippen LogP contribution is 2.36. The molecule has 0 amide bonds. The molecular formula is C10H19NSi. The van der Waals surface area contributed by atoms with Crippen molar-refractivity contribution >= 4 is 8.24 Å². The van der Waals surface area contributed by atoms with E-state index in [9.17, 15) is 0 Å². The Balaban J connectivity index is 3.02. The minimum Gasteiger partial charge on any atom is -0.380 e. The van der Waals surface area contributed by atoms with E-state index in [2.05, 4.69) is 62.6 Å². The van der Waals surface area contributed by atoms with Crippen molar-refractivity contribution in [3.8, 4) is 0 Å². The normalized spacial score (nSPS) is 13.4. The molecule has 0 fully saturated rings. The molecule has 1 heterocycles. The van der Waals surface area contributed by atoms with Crippen molar-refractivity contribution in [3.05, 3.63) is 24.5 Å². The Labute approximate surface area is 76.5 Å². The lowest BCUT2D eigenvalue weighted by molar-refractivity contribution is 0.700. The Morgan fingerprint density at radius 1 is 1.00 bits per heavy atom. The van der Waals surface area contributed by atoms with Gasteiger partial charge in [0.2, 0.25) is 0 Å². The average molecular weight is 181 g/mol. The van der Waals surface area contributed by atoms with Crippen LogP contribution in [0.15, 0.2) is 24.5 Å². The minimum atomic E-state index is -1.31. The summed E-state index contributed by atoms with van der Waals surface area (Å²) in [5.41, 5.74) is 0. The van der Waals surface area contributed by atoms with Crippen LogP contribution in [0.4, 0.5) is 0 Å². The summed E-state index contributed by atoms with van der Waals surface area (Å²) < 4.78 is 2.41. The number of rotatable bonds is 1. The van der Waals surface area contributed by atoms with E-state index in [4.69, 9.17) is 0 Å². The van der Waals surface area contributed by atoms with Crippen LogP contribution in [0, 0.1) is 0 Å². The first-order valence-corrected chi connectivity index (χ1v) is 7.44. The van der Waals surface area contributed by atoms with Gasteiger partial charge in [0.25, 0.3) is 0 Å². The van der Waals surface area contributed by atoms with Gasteiger partial charge in [-0.2, -0.15) is 0 Å². The Morgan fingerprint density at radius 3 is 1.75 bits per heavy atom. The summed E-state index contributed by atoms with van der Waals surface area (Å²) in [6.07, 6.45) is 4.38. The van der Waals surface area contributed by atoms with E-state index in [0.717, 1.165) is 0 Å². The van der Waals surface area contributed by atoms with Crippen molar-refractivity contribution in [1.29, 1.82) is 0 Å². The minimum absolute atomic E-state index is 0.423. The van der Waals surface area contributed by atoms with E-state index in [1.54, 1.807) is 0 Å². The molecule has 0 aliphatic heterocycles. The average Bonchev–Trinajstić information content (AvgIpc) is 2.34. The van der Waals surface area contributed by atoms with Crippen LogP contribution >= 0.6 is 0 Å². The molecule has 0 aliphatic rings. The van der Waals surface area contributed by atoms with Gasteiger partial charge in [0, 0.05) is 0 Å². The molecule has 0 saturated heterocycles. The molecule has 1 aromatic rings. The van der Waals surface area contributed by atoms with Gasteiger partial charge in [-0.15, -0.1) is 0 Å². The third-order valence-corrected chi connectivity index (χ3v) is 8.35. The molecule has 1 aromatic heterocycles. The molecule has 2 heteroatoms. The highest BCUT2D eigenvalue weighted by molar-refractivity contribution is 6.78. The van der Waals surface area contributed by atoms with E-state index in [1.165, 1.54) is 0 Å². The van der Waals surface area contributed by atoms with Gasteiger partial charge < -0.3 is 4.23 Å². The topological polar surface area (TPSA) is 4.93 Å². The second-order valence-corrected chi connectivity index (χ2v) is 10.0. The maximum atomic E-state index is 2.41. The van der Waals surface area contributed by atoms with Crippen LogP contribution in [-0.4, -0.2) is 12.5 Å². The Kier molecular flexibility index (Phi) is 2.21. The first-order chi connectivity index (χ1) is 5.36. The van der Waals surface area contributed by atoms with E-state index in [0.29, 0.717) is 5.04 Å². The van der Waals surface area contributed by atoms with Crippen molar-refractivity contribution in [1.82, 2.24) is 4.23 Å². The number of hydrogen-bond acceptors (Lipinski definition) is 0. The molecule has 12 heavy (non-hydrogen) atoms. The molecule has 0 spiro atoms. The van der Waals surface area contributed by atoms with Crippen LogP contribution in [0.3, 0.4) is 0 Å². The van der Waals surface area contributed by atoms with Crippen LogP contribution in [0.25, 0.3) is 0 Å². The summed E-state index contributed by atoms with van der Waals surface area (Å²) in [5.74, 6) is 0. The summed E-state index contributed by atoms with van der Waals surface area (Å²) in [5, 5.41) is 0.423. The molecule has 0 aliphatic carbocycles. The van der Waals surface area contributed by atoms with Crippen molar-refractivity contribution in [2.24, 2.45) is 0 Å². The maximum absolute atomic E-state index is 2.41.